The number of rotatable bonds is 3. The number of para-hydroxylation sites is 1. The van der Waals surface area contributed by atoms with E-state index in [4.69, 9.17) is 4.74 Å². The Kier molecular flexibility index (Phi) is 4.71. The van der Waals surface area contributed by atoms with E-state index >= 15 is 0 Å². The summed E-state index contributed by atoms with van der Waals surface area (Å²) in [6.07, 6.45) is 8.45. The summed E-state index contributed by atoms with van der Waals surface area (Å²) in [5, 5.41) is 1.24. The van der Waals surface area contributed by atoms with Gasteiger partial charge in [0.25, 0.3) is 0 Å². The van der Waals surface area contributed by atoms with Crippen LogP contribution in [0.25, 0.3) is 10.9 Å². The van der Waals surface area contributed by atoms with Crippen molar-refractivity contribution in [2.24, 2.45) is 5.41 Å². The number of anilines is 1. The van der Waals surface area contributed by atoms with Crippen LogP contribution in [0.5, 0.6) is 0 Å². The third kappa shape index (κ3) is 3.37. The van der Waals surface area contributed by atoms with Gasteiger partial charge in [-0.25, -0.2) is 0 Å². The van der Waals surface area contributed by atoms with Gasteiger partial charge in [-0.2, -0.15) is 0 Å². The van der Waals surface area contributed by atoms with E-state index in [0.717, 1.165) is 70.4 Å². The molecular formula is C23H29N3O2. The maximum absolute atomic E-state index is 12.5. The zero-order valence-corrected chi connectivity index (χ0v) is 16.5. The number of hydrogen-bond acceptors (Lipinski definition) is 4. The lowest BCUT2D eigenvalue weighted by molar-refractivity contribution is -0.140. The first-order chi connectivity index (χ1) is 13.7. The van der Waals surface area contributed by atoms with Crippen LogP contribution < -0.4 is 4.90 Å². The molecule has 2 aromatic rings. The highest BCUT2D eigenvalue weighted by atomic mass is 16.5. The third-order valence-corrected chi connectivity index (χ3v) is 6.99. The number of piperidine rings is 2. The van der Waals surface area contributed by atoms with Gasteiger partial charge in [-0.1, -0.05) is 18.2 Å². The summed E-state index contributed by atoms with van der Waals surface area (Å²) in [5.74, 6) is 0.323. The standard InChI is InChI=1S/C23H29N3O2/c27-22-7-9-23(17-26(22)16-18-4-3-15-28-18)10-13-25(14-11-23)21-8-12-24-20-6-2-1-5-19(20)21/h1-2,5-6,8,12,18H,3-4,7,9-11,13-17H2. The van der Waals surface area contributed by atoms with E-state index in [-0.39, 0.29) is 11.5 Å². The van der Waals surface area contributed by atoms with Crippen LogP contribution in [0.4, 0.5) is 5.69 Å². The minimum Gasteiger partial charge on any atom is -0.376 e. The van der Waals surface area contributed by atoms with Gasteiger partial charge in [0.15, 0.2) is 0 Å². The molecule has 1 aromatic heterocycles. The maximum atomic E-state index is 12.5. The predicted octanol–water partition coefficient (Wildman–Crippen LogP) is 3.62. The molecule has 1 spiro atoms. The third-order valence-electron chi connectivity index (χ3n) is 6.99. The molecule has 3 fully saturated rings. The quantitative estimate of drug-likeness (QED) is 0.817. The smallest absolute Gasteiger partial charge is 0.222 e. The van der Waals surface area contributed by atoms with Crippen molar-refractivity contribution in [1.29, 1.82) is 0 Å². The van der Waals surface area contributed by atoms with Crippen LogP contribution in [0.2, 0.25) is 0 Å². The molecule has 0 N–H and O–H groups in total. The Morgan fingerprint density at radius 1 is 1.14 bits per heavy atom. The van der Waals surface area contributed by atoms with Gasteiger partial charge >= 0.3 is 0 Å². The zero-order chi connectivity index (χ0) is 19.0. The highest BCUT2D eigenvalue weighted by Crippen LogP contribution is 2.42. The molecule has 5 rings (SSSR count). The number of hydrogen-bond donors (Lipinski definition) is 0. The summed E-state index contributed by atoms with van der Waals surface area (Å²) in [6, 6.07) is 10.5. The van der Waals surface area contributed by atoms with Crippen molar-refractivity contribution in [1.82, 2.24) is 9.88 Å². The van der Waals surface area contributed by atoms with Gasteiger partial charge in [-0.05, 0) is 49.7 Å². The molecule has 5 nitrogen and oxygen atoms in total. The molecule has 0 saturated carbocycles. The number of aromatic nitrogens is 1. The first kappa shape index (κ1) is 17.9. The largest absolute Gasteiger partial charge is 0.376 e. The van der Waals surface area contributed by atoms with E-state index in [1.807, 2.05) is 12.3 Å². The van der Waals surface area contributed by atoms with Crippen molar-refractivity contribution in [3.8, 4) is 0 Å². The fraction of sp³-hybridized carbons (Fsp3) is 0.565. The number of pyridine rings is 1. The molecule has 0 radical (unpaired) electrons. The Labute approximate surface area is 166 Å². The summed E-state index contributed by atoms with van der Waals surface area (Å²) in [6.45, 7) is 4.66. The van der Waals surface area contributed by atoms with Crippen LogP contribution in [0.3, 0.4) is 0 Å². The molecule has 5 heteroatoms. The Hall–Kier alpha value is -2.14. The lowest BCUT2D eigenvalue weighted by atomic mass is 9.72. The van der Waals surface area contributed by atoms with Crippen LogP contribution in [-0.2, 0) is 9.53 Å². The van der Waals surface area contributed by atoms with Crippen molar-refractivity contribution in [2.45, 2.75) is 44.6 Å². The average molecular weight is 380 g/mol. The maximum Gasteiger partial charge on any atom is 0.222 e. The van der Waals surface area contributed by atoms with Crippen LogP contribution in [0.1, 0.15) is 38.5 Å². The van der Waals surface area contributed by atoms with Crippen molar-refractivity contribution in [3.63, 3.8) is 0 Å². The van der Waals surface area contributed by atoms with E-state index in [1.54, 1.807) is 0 Å². The van der Waals surface area contributed by atoms with Crippen molar-refractivity contribution >= 4 is 22.5 Å². The van der Waals surface area contributed by atoms with Crippen molar-refractivity contribution in [3.05, 3.63) is 36.5 Å². The van der Waals surface area contributed by atoms with Crippen LogP contribution in [0.15, 0.2) is 36.5 Å². The predicted molar refractivity (Wildman–Crippen MR) is 110 cm³/mol. The number of carbonyl (C=O) groups is 1. The Morgan fingerprint density at radius 3 is 2.82 bits per heavy atom. The Morgan fingerprint density at radius 2 is 2.00 bits per heavy atom. The van der Waals surface area contributed by atoms with Gasteiger partial charge in [0, 0.05) is 56.5 Å². The van der Waals surface area contributed by atoms with Crippen molar-refractivity contribution in [2.75, 3.05) is 37.7 Å². The normalized spacial score (nSPS) is 25.0. The summed E-state index contributed by atoms with van der Waals surface area (Å²) in [4.78, 5) is 21.6. The number of fused-ring (bicyclic) bond motifs is 1. The van der Waals surface area contributed by atoms with Gasteiger partial charge in [-0.3, -0.25) is 9.78 Å². The number of amides is 1. The number of benzene rings is 1. The second-order valence-corrected chi connectivity index (χ2v) is 8.74. The number of ether oxygens (including phenoxy) is 1. The van der Waals surface area contributed by atoms with Gasteiger partial charge in [0.2, 0.25) is 5.91 Å². The zero-order valence-electron chi connectivity index (χ0n) is 16.5. The van der Waals surface area contributed by atoms with E-state index in [9.17, 15) is 4.79 Å². The van der Waals surface area contributed by atoms with Crippen LogP contribution in [-0.4, -0.2) is 54.7 Å². The van der Waals surface area contributed by atoms with Crippen LogP contribution >= 0.6 is 0 Å². The minimum absolute atomic E-state index is 0.252. The lowest BCUT2D eigenvalue weighted by Gasteiger charge is -2.48. The van der Waals surface area contributed by atoms with Crippen molar-refractivity contribution < 1.29 is 9.53 Å². The second-order valence-electron chi connectivity index (χ2n) is 8.74. The van der Waals surface area contributed by atoms with Gasteiger partial charge in [-0.15, -0.1) is 0 Å². The minimum atomic E-state index is 0.252. The lowest BCUT2D eigenvalue weighted by Crippen LogP contribution is -2.53. The fourth-order valence-corrected chi connectivity index (χ4v) is 5.29. The topological polar surface area (TPSA) is 45.7 Å². The van der Waals surface area contributed by atoms with E-state index in [0.29, 0.717) is 12.3 Å². The fourth-order valence-electron chi connectivity index (χ4n) is 5.29. The molecule has 1 aromatic carbocycles. The molecule has 4 heterocycles. The van der Waals surface area contributed by atoms with Crippen LogP contribution in [0, 0.1) is 5.41 Å². The molecule has 28 heavy (non-hydrogen) atoms. The molecule has 148 valence electrons. The number of carbonyl (C=O) groups excluding carboxylic acids is 1. The summed E-state index contributed by atoms with van der Waals surface area (Å²) < 4.78 is 5.79. The first-order valence-electron chi connectivity index (χ1n) is 10.7. The van der Waals surface area contributed by atoms with E-state index in [2.05, 4.69) is 39.0 Å². The molecule has 0 bridgehead atoms. The Balaban J connectivity index is 1.28. The summed E-state index contributed by atoms with van der Waals surface area (Å²) in [5.41, 5.74) is 2.64. The molecule has 1 amide bonds. The highest BCUT2D eigenvalue weighted by Gasteiger charge is 2.41. The molecule has 3 saturated heterocycles. The average Bonchev–Trinajstić information content (AvgIpc) is 3.24. The molecule has 0 aliphatic carbocycles. The van der Waals surface area contributed by atoms with Gasteiger partial charge in [0.05, 0.1) is 11.6 Å². The van der Waals surface area contributed by atoms with Gasteiger partial charge in [0.1, 0.15) is 0 Å². The molecule has 1 atom stereocenters. The van der Waals surface area contributed by atoms with E-state index < -0.39 is 0 Å². The van der Waals surface area contributed by atoms with E-state index in [1.165, 1.54) is 11.1 Å². The number of likely N-dealkylation sites (tertiary alicyclic amines) is 1. The monoisotopic (exact) mass is 379 g/mol. The molecule has 3 aliphatic rings. The highest BCUT2D eigenvalue weighted by molar-refractivity contribution is 5.91. The summed E-state index contributed by atoms with van der Waals surface area (Å²) in [7, 11) is 0. The van der Waals surface area contributed by atoms with Gasteiger partial charge < -0.3 is 14.5 Å². The Bertz CT molecular complexity index is 849. The number of nitrogens with zero attached hydrogens (tertiary/aromatic N) is 3. The molecular weight excluding hydrogens is 350 g/mol. The molecule has 3 aliphatic heterocycles. The molecule has 1 unspecified atom stereocenters. The summed E-state index contributed by atoms with van der Waals surface area (Å²) >= 11 is 0. The SMILES string of the molecule is O=C1CCC2(CCN(c3ccnc4ccccc34)CC2)CN1CC1CCCO1. The second kappa shape index (κ2) is 7.36. The first-order valence-corrected chi connectivity index (χ1v) is 10.7.